The van der Waals surface area contributed by atoms with E-state index in [1.807, 2.05) is 30.3 Å². The predicted octanol–water partition coefficient (Wildman–Crippen LogP) is 2.46. The summed E-state index contributed by atoms with van der Waals surface area (Å²) in [5.74, 6) is -0.953. The van der Waals surface area contributed by atoms with Crippen molar-refractivity contribution < 1.29 is 19.1 Å². The van der Waals surface area contributed by atoms with Gasteiger partial charge in [0.15, 0.2) is 5.69 Å². The van der Waals surface area contributed by atoms with Crippen LogP contribution in [0.15, 0.2) is 36.4 Å². The lowest BCUT2D eigenvalue weighted by Crippen LogP contribution is -2.21. The third-order valence-electron chi connectivity index (χ3n) is 3.19. The molecule has 0 saturated heterocycles. The average Bonchev–Trinajstić information content (AvgIpc) is 2.99. The number of esters is 2. The first-order valence-electron chi connectivity index (χ1n) is 6.98. The van der Waals surface area contributed by atoms with Crippen molar-refractivity contribution in [1.29, 1.82) is 0 Å². The van der Waals surface area contributed by atoms with Crippen LogP contribution in [0.2, 0.25) is 0 Å². The van der Waals surface area contributed by atoms with Crippen LogP contribution in [0.3, 0.4) is 0 Å². The van der Waals surface area contributed by atoms with Gasteiger partial charge in [-0.25, -0.2) is 14.3 Å². The molecule has 0 spiro atoms. The van der Waals surface area contributed by atoms with E-state index in [0.717, 1.165) is 5.56 Å². The number of methoxy groups -OCH3 is 1. The van der Waals surface area contributed by atoms with Crippen molar-refractivity contribution in [1.82, 2.24) is 9.78 Å². The predicted molar refractivity (Wildman–Crippen MR) is 80.3 cm³/mol. The van der Waals surface area contributed by atoms with Crippen LogP contribution in [-0.2, 0) is 14.3 Å². The van der Waals surface area contributed by atoms with Gasteiger partial charge >= 0.3 is 11.9 Å². The summed E-state index contributed by atoms with van der Waals surface area (Å²) in [6.45, 7) is 3.71. The van der Waals surface area contributed by atoms with Gasteiger partial charge in [-0.15, -0.1) is 0 Å². The van der Waals surface area contributed by atoms with Crippen LogP contribution in [0.1, 0.15) is 30.4 Å². The van der Waals surface area contributed by atoms with Crippen LogP contribution in [0.4, 0.5) is 0 Å². The summed E-state index contributed by atoms with van der Waals surface area (Å²) in [5.41, 5.74) is 1.65. The number of ether oxygens (including phenoxy) is 2. The first-order valence-corrected chi connectivity index (χ1v) is 6.98. The molecule has 1 atom stereocenters. The molecular weight excluding hydrogens is 284 g/mol. The number of benzene rings is 1. The summed E-state index contributed by atoms with van der Waals surface area (Å²) in [6.07, 6.45) is 0. The van der Waals surface area contributed by atoms with E-state index in [9.17, 15) is 9.59 Å². The van der Waals surface area contributed by atoms with Gasteiger partial charge in [-0.3, -0.25) is 0 Å². The van der Waals surface area contributed by atoms with E-state index in [-0.39, 0.29) is 12.3 Å². The van der Waals surface area contributed by atoms with E-state index < -0.39 is 18.0 Å². The Labute approximate surface area is 128 Å². The van der Waals surface area contributed by atoms with Crippen molar-refractivity contribution in [3.8, 4) is 11.3 Å². The van der Waals surface area contributed by atoms with Crippen LogP contribution < -0.4 is 0 Å². The normalized spacial score (nSPS) is 11.8. The van der Waals surface area contributed by atoms with Crippen LogP contribution >= 0.6 is 0 Å². The molecule has 0 aliphatic carbocycles. The van der Waals surface area contributed by atoms with Crippen molar-refractivity contribution in [2.24, 2.45) is 0 Å². The first-order chi connectivity index (χ1) is 10.6. The third kappa shape index (κ3) is 3.16. The SMILES string of the molecule is CCOC(=O)C(C)n1nc(C(=O)OC)cc1-c1ccccc1. The molecule has 2 rings (SSSR count). The summed E-state index contributed by atoms with van der Waals surface area (Å²) in [4.78, 5) is 23.7. The summed E-state index contributed by atoms with van der Waals surface area (Å²) in [7, 11) is 1.29. The number of hydrogen-bond acceptors (Lipinski definition) is 5. The van der Waals surface area contributed by atoms with E-state index >= 15 is 0 Å². The number of rotatable bonds is 5. The summed E-state index contributed by atoms with van der Waals surface area (Å²) < 4.78 is 11.2. The van der Waals surface area contributed by atoms with Gasteiger partial charge in [0.25, 0.3) is 0 Å². The molecule has 1 aromatic carbocycles. The van der Waals surface area contributed by atoms with Crippen molar-refractivity contribution >= 4 is 11.9 Å². The molecule has 1 aromatic heterocycles. The largest absolute Gasteiger partial charge is 0.464 e. The average molecular weight is 302 g/mol. The Balaban J connectivity index is 2.49. The lowest BCUT2D eigenvalue weighted by atomic mass is 10.1. The summed E-state index contributed by atoms with van der Waals surface area (Å²) in [5, 5.41) is 4.20. The van der Waals surface area contributed by atoms with Crippen molar-refractivity contribution in [3.05, 3.63) is 42.1 Å². The maximum absolute atomic E-state index is 12.0. The monoisotopic (exact) mass is 302 g/mol. The third-order valence-corrected chi connectivity index (χ3v) is 3.19. The standard InChI is InChI=1S/C16H18N2O4/c1-4-22-15(19)11(2)18-14(12-8-6-5-7-9-12)10-13(17-18)16(20)21-3/h5-11H,4H2,1-3H3. The van der Waals surface area contributed by atoms with Gasteiger partial charge in [0.1, 0.15) is 6.04 Å². The second-order valence-electron chi connectivity index (χ2n) is 4.65. The minimum absolute atomic E-state index is 0.150. The fourth-order valence-electron chi connectivity index (χ4n) is 2.08. The highest BCUT2D eigenvalue weighted by molar-refractivity contribution is 5.89. The summed E-state index contributed by atoms with van der Waals surface area (Å²) >= 11 is 0. The molecule has 1 unspecified atom stereocenters. The van der Waals surface area contributed by atoms with E-state index in [1.165, 1.54) is 11.8 Å². The fraction of sp³-hybridized carbons (Fsp3) is 0.312. The molecule has 22 heavy (non-hydrogen) atoms. The first kappa shape index (κ1) is 15.8. The molecule has 0 saturated carbocycles. The Hall–Kier alpha value is -2.63. The minimum atomic E-state index is -0.645. The summed E-state index contributed by atoms with van der Waals surface area (Å²) in [6, 6.07) is 10.4. The topological polar surface area (TPSA) is 70.4 Å². The second kappa shape index (κ2) is 6.89. The molecular formula is C16H18N2O4. The number of nitrogens with zero attached hydrogens (tertiary/aromatic N) is 2. The van der Waals surface area contributed by atoms with Crippen LogP contribution in [0.5, 0.6) is 0 Å². The molecule has 2 aromatic rings. The van der Waals surface area contributed by atoms with Crippen LogP contribution in [-0.4, -0.2) is 35.4 Å². The fourth-order valence-corrected chi connectivity index (χ4v) is 2.08. The molecule has 0 aliphatic heterocycles. The second-order valence-corrected chi connectivity index (χ2v) is 4.65. The van der Waals surface area contributed by atoms with E-state index in [4.69, 9.17) is 9.47 Å². The molecule has 0 radical (unpaired) electrons. The Morgan fingerprint density at radius 1 is 1.27 bits per heavy atom. The lowest BCUT2D eigenvalue weighted by Gasteiger charge is -2.14. The number of carbonyl (C=O) groups is 2. The van der Waals surface area contributed by atoms with Gasteiger partial charge in [0.2, 0.25) is 0 Å². The molecule has 6 heteroatoms. The highest BCUT2D eigenvalue weighted by Crippen LogP contribution is 2.24. The number of aromatic nitrogens is 2. The van der Waals surface area contributed by atoms with Crippen molar-refractivity contribution in [3.63, 3.8) is 0 Å². The Morgan fingerprint density at radius 3 is 2.55 bits per heavy atom. The van der Waals surface area contributed by atoms with Gasteiger partial charge in [-0.1, -0.05) is 30.3 Å². The number of hydrogen-bond donors (Lipinski definition) is 0. The highest BCUT2D eigenvalue weighted by Gasteiger charge is 2.24. The Bertz CT molecular complexity index is 664. The molecule has 0 N–H and O–H groups in total. The van der Waals surface area contributed by atoms with Gasteiger partial charge in [0, 0.05) is 0 Å². The number of carbonyl (C=O) groups excluding carboxylic acids is 2. The molecule has 0 bridgehead atoms. The van der Waals surface area contributed by atoms with Crippen molar-refractivity contribution in [2.45, 2.75) is 19.9 Å². The minimum Gasteiger partial charge on any atom is -0.464 e. The molecule has 0 fully saturated rings. The van der Waals surface area contributed by atoms with E-state index in [1.54, 1.807) is 19.9 Å². The molecule has 1 heterocycles. The molecule has 0 aliphatic rings. The van der Waals surface area contributed by atoms with Crippen LogP contribution in [0.25, 0.3) is 11.3 Å². The Morgan fingerprint density at radius 2 is 1.95 bits per heavy atom. The van der Waals surface area contributed by atoms with E-state index in [2.05, 4.69) is 5.10 Å². The van der Waals surface area contributed by atoms with Gasteiger partial charge in [-0.2, -0.15) is 5.10 Å². The smallest absolute Gasteiger partial charge is 0.358 e. The quantitative estimate of drug-likeness (QED) is 0.793. The zero-order valence-electron chi connectivity index (χ0n) is 12.8. The zero-order valence-corrected chi connectivity index (χ0v) is 12.8. The van der Waals surface area contributed by atoms with E-state index in [0.29, 0.717) is 5.69 Å². The maximum atomic E-state index is 12.0. The van der Waals surface area contributed by atoms with Gasteiger partial charge in [-0.05, 0) is 25.5 Å². The van der Waals surface area contributed by atoms with Crippen molar-refractivity contribution in [2.75, 3.05) is 13.7 Å². The Kier molecular flexibility index (Phi) is 4.93. The van der Waals surface area contributed by atoms with Crippen LogP contribution in [0, 0.1) is 0 Å². The highest BCUT2D eigenvalue weighted by atomic mass is 16.5. The maximum Gasteiger partial charge on any atom is 0.358 e. The molecule has 116 valence electrons. The molecule has 6 nitrogen and oxygen atoms in total. The molecule has 0 amide bonds. The lowest BCUT2D eigenvalue weighted by molar-refractivity contribution is -0.146. The zero-order chi connectivity index (χ0) is 16.1. The van der Waals surface area contributed by atoms with Gasteiger partial charge in [0.05, 0.1) is 19.4 Å². The van der Waals surface area contributed by atoms with Gasteiger partial charge < -0.3 is 9.47 Å².